The van der Waals surface area contributed by atoms with Crippen molar-refractivity contribution >= 4 is 11.6 Å². The first kappa shape index (κ1) is 12.1. The maximum Gasteiger partial charge on any atom is 0.274 e. The number of rotatable bonds is 2. The molecule has 6 heteroatoms. The van der Waals surface area contributed by atoms with Gasteiger partial charge in [0.15, 0.2) is 17.5 Å². The van der Waals surface area contributed by atoms with Crippen LogP contribution in [0.1, 0.15) is 10.5 Å². The van der Waals surface area contributed by atoms with Crippen LogP contribution in [-0.4, -0.2) is 10.9 Å². The van der Waals surface area contributed by atoms with Gasteiger partial charge in [-0.25, -0.2) is 13.2 Å². The number of carbonyl (C=O) groups is 1. The predicted octanol–water partition coefficient (Wildman–Crippen LogP) is 2.75. The van der Waals surface area contributed by atoms with E-state index in [1.165, 1.54) is 12.3 Å². The summed E-state index contributed by atoms with van der Waals surface area (Å²) in [5, 5.41) is 2.11. The maximum absolute atomic E-state index is 13.3. The number of carbonyl (C=O) groups excluding carboxylic acids is 1. The zero-order chi connectivity index (χ0) is 13.1. The number of halogens is 3. The van der Waals surface area contributed by atoms with Crippen LogP contribution in [0.5, 0.6) is 0 Å². The molecule has 1 aromatic carbocycles. The van der Waals surface area contributed by atoms with Gasteiger partial charge in [-0.2, -0.15) is 0 Å². The Labute approximate surface area is 100 Å². The summed E-state index contributed by atoms with van der Waals surface area (Å²) in [6.45, 7) is 0. The van der Waals surface area contributed by atoms with Crippen molar-refractivity contribution in [3.05, 3.63) is 59.7 Å². The van der Waals surface area contributed by atoms with Crippen molar-refractivity contribution in [3.63, 3.8) is 0 Å². The molecular weight excluding hydrogens is 245 g/mol. The van der Waals surface area contributed by atoms with Crippen LogP contribution in [0.2, 0.25) is 0 Å². The summed E-state index contributed by atoms with van der Waals surface area (Å²) in [5.74, 6) is -5.10. The van der Waals surface area contributed by atoms with Gasteiger partial charge in [0.1, 0.15) is 5.69 Å². The summed E-state index contributed by atoms with van der Waals surface area (Å²) >= 11 is 0. The van der Waals surface area contributed by atoms with E-state index in [-0.39, 0.29) is 5.69 Å². The molecule has 0 aliphatic rings. The number of nitrogens with one attached hydrogen (secondary N) is 1. The van der Waals surface area contributed by atoms with E-state index in [2.05, 4.69) is 10.3 Å². The Balaban J connectivity index is 2.26. The highest BCUT2D eigenvalue weighted by atomic mass is 19.2. The van der Waals surface area contributed by atoms with Crippen molar-refractivity contribution in [1.29, 1.82) is 0 Å². The molecule has 92 valence electrons. The van der Waals surface area contributed by atoms with Crippen molar-refractivity contribution in [2.75, 3.05) is 5.32 Å². The first-order valence-corrected chi connectivity index (χ1v) is 4.95. The summed E-state index contributed by atoms with van der Waals surface area (Å²) in [6.07, 6.45) is 1.39. The lowest BCUT2D eigenvalue weighted by atomic mass is 10.2. The zero-order valence-corrected chi connectivity index (χ0v) is 8.95. The molecule has 0 radical (unpaired) electrons. The SMILES string of the molecule is O=C(Nc1ccc(F)c(F)c1F)c1ccccn1. The van der Waals surface area contributed by atoms with Gasteiger partial charge >= 0.3 is 0 Å². The molecule has 1 amide bonds. The molecule has 0 aliphatic heterocycles. The lowest BCUT2D eigenvalue weighted by Crippen LogP contribution is -2.15. The number of hydrogen-bond donors (Lipinski definition) is 1. The maximum atomic E-state index is 13.3. The van der Waals surface area contributed by atoms with Gasteiger partial charge in [-0.1, -0.05) is 6.07 Å². The predicted molar refractivity (Wildman–Crippen MR) is 58.5 cm³/mol. The lowest BCUT2D eigenvalue weighted by molar-refractivity contribution is 0.102. The quantitative estimate of drug-likeness (QED) is 0.835. The first-order chi connectivity index (χ1) is 8.59. The van der Waals surface area contributed by atoms with E-state index in [0.717, 1.165) is 12.1 Å². The van der Waals surface area contributed by atoms with Crippen molar-refractivity contribution in [1.82, 2.24) is 4.98 Å². The number of hydrogen-bond acceptors (Lipinski definition) is 2. The van der Waals surface area contributed by atoms with Gasteiger partial charge in [-0.05, 0) is 24.3 Å². The van der Waals surface area contributed by atoms with Crippen LogP contribution in [0, 0.1) is 17.5 Å². The largest absolute Gasteiger partial charge is 0.318 e. The second-order valence-corrected chi connectivity index (χ2v) is 3.39. The van der Waals surface area contributed by atoms with E-state index >= 15 is 0 Å². The summed E-state index contributed by atoms with van der Waals surface area (Å²) in [7, 11) is 0. The highest BCUT2D eigenvalue weighted by Gasteiger charge is 2.16. The minimum atomic E-state index is -1.63. The molecule has 0 saturated heterocycles. The van der Waals surface area contributed by atoms with Crippen molar-refractivity contribution in [2.45, 2.75) is 0 Å². The third-order valence-corrected chi connectivity index (χ3v) is 2.18. The Morgan fingerprint density at radius 2 is 1.83 bits per heavy atom. The number of aromatic nitrogens is 1. The van der Waals surface area contributed by atoms with Gasteiger partial charge in [-0.3, -0.25) is 9.78 Å². The Hall–Kier alpha value is -2.37. The van der Waals surface area contributed by atoms with E-state index in [4.69, 9.17) is 0 Å². The molecule has 1 aromatic heterocycles. The third kappa shape index (κ3) is 2.32. The van der Waals surface area contributed by atoms with E-state index in [0.29, 0.717) is 0 Å². The van der Waals surface area contributed by atoms with Crippen molar-refractivity contribution in [2.24, 2.45) is 0 Å². The van der Waals surface area contributed by atoms with Crippen LogP contribution in [0.25, 0.3) is 0 Å². The molecule has 0 saturated carbocycles. The average Bonchev–Trinajstić information content (AvgIpc) is 2.40. The second kappa shape index (κ2) is 4.87. The second-order valence-electron chi connectivity index (χ2n) is 3.39. The lowest BCUT2D eigenvalue weighted by Gasteiger charge is -2.06. The minimum absolute atomic E-state index is 0.0432. The summed E-state index contributed by atoms with van der Waals surface area (Å²) in [5.41, 5.74) is -0.397. The highest BCUT2D eigenvalue weighted by molar-refractivity contribution is 6.02. The van der Waals surface area contributed by atoms with Gasteiger partial charge in [-0.15, -0.1) is 0 Å². The van der Waals surface area contributed by atoms with E-state index in [1.807, 2.05) is 0 Å². The number of pyridine rings is 1. The van der Waals surface area contributed by atoms with Gasteiger partial charge in [0, 0.05) is 6.20 Å². The van der Waals surface area contributed by atoms with E-state index in [9.17, 15) is 18.0 Å². The molecule has 2 rings (SSSR count). The average molecular weight is 252 g/mol. The molecule has 0 spiro atoms. The molecule has 0 atom stereocenters. The smallest absolute Gasteiger partial charge is 0.274 e. The molecule has 1 N–H and O–H groups in total. The number of benzene rings is 1. The number of nitrogens with zero attached hydrogens (tertiary/aromatic N) is 1. The molecule has 18 heavy (non-hydrogen) atoms. The van der Waals surface area contributed by atoms with E-state index in [1.54, 1.807) is 12.1 Å². The van der Waals surface area contributed by atoms with Gasteiger partial charge in [0.05, 0.1) is 5.69 Å². The van der Waals surface area contributed by atoms with Crippen LogP contribution in [0.4, 0.5) is 18.9 Å². The standard InChI is InChI=1S/C12H7F3N2O/c13-7-4-5-8(11(15)10(7)14)17-12(18)9-3-1-2-6-16-9/h1-6H,(H,17,18). The van der Waals surface area contributed by atoms with Crippen molar-refractivity contribution < 1.29 is 18.0 Å². The zero-order valence-electron chi connectivity index (χ0n) is 8.95. The normalized spacial score (nSPS) is 10.2. The fourth-order valence-electron chi connectivity index (χ4n) is 1.31. The molecule has 1 heterocycles. The van der Waals surface area contributed by atoms with Gasteiger partial charge < -0.3 is 5.32 Å². The Kier molecular flexibility index (Phi) is 3.27. The Morgan fingerprint density at radius 3 is 2.50 bits per heavy atom. The molecule has 0 bridgehead atoms. The fraction of sp³-hybridized carbons (Fsp3) is 0. The number of anilines is 1. The van der Waals surface area contributed by atoms with Gasteiger partial charge in [0.25, 0.3) is 5.91 Å². The van der Waals surface area contributed by atoms with Crippen LogP contribution in [0.15, 0.2) is 36.5 Å². The topological polar surface area (TPSA) is 42.0 Å². The van der Waals surface area contributed by atoms with Crippen LogP contribution in [0.3, 0.4) is 0 Å². The summed E-state index contributed by atoms with van der Waals surface area (Å²) in [4.78, 5) is 15.3. The minimum Gasteiger partial charge on any atom is -0.318 e. The fourth-order valence-corrected chi connectivity index (χ4v) is 1.31. The molecule has 2 aromatic rings. The Bertz CT molecular complexity index is 587. The monoisotopic (exact) mass is 252 g/mol. The van der Waals surface area contributed by atoms with Crippen LogP contribution < -0.4 is 5.32 Å². The summed E-state index contributed by atoms with van der Waals surface area (Å²) in [6, 6.07) is 6.26. The van der Waals surface area contributed by atoms with Gasteiger partial charge in [0.2, 0.25) is 0 Å². The van der Waals surface area contributed by atoms with Crippen LogP contribution in [-0.2, 0) is 0 Å². The highest BCUT2D eigenvalue weighted by Crippen LogP contribution is 2.19. The first-order valence-electron chi connectivity index (χ1n) is 4.95. The van der Waals surface area contributed by atoms with Crippen LogP contribution >= 0.6 is 0 Å². The molecule has 0 unspecified atom stereocenters. The third-order valence-electron chi connectivity index (χ3n) is 2.18. The molecule has 0 fully saturated rings. The molecular formula is C12H7F3N2O. The summed E-state index contributed by atoms with van der Waals surface area (Å²) < 4.78 is 38.9. The molecule has 3 nitrogen and oxygen atoms in total. The van der Waals surface area contributed by atoms with E-state index < -0.39 is 29.0 Å². The van der Waals surface area contributed by atoms with Crippen molar-refractivity contribution in [3.8, 4) is 0 Å². The molecule has 0 aliphatic carbocycles. The Morgan fingerprint density at radius 1 is 1.06 bits per heavy atom. The number of amides is 1.